The summed E-state index contributed by atoms with van der Waals surface area (Å²) in [5.41, 5.74) is 9.91. The molecule has 4 N–H and O–H groups in total. The summed E-state index contributed by atoms with van der Waals surface area (Å²) in [5, 5.41) is 5.17. The van der Waals surface area contributed by atoms with Gasteiger partial charge in [-0.1, -0.05) is 18.2 Å². The van der Waals surface area contributed by atoms with Gasteiger partial charge in [-0.15, -0.1) is 11.3 Å². The van der Waals surface area contributed by atoms with Gasteiger partial charge in [0.25, 0.3) is 0 Å². The summed E-state index contributed by atoms with van der Waals surface area (Å²) < 4.78 is 42.4. The lowest BCUT2D eigenvalue weighted by molar-refractivity contribution is 0.574. The molecule has 0 spiro atoms. The van der Waals surface area contributed by atoms with E-state index in [1.807, 2.05) is 46.3 Å². The van der Waals surface area contributed by atoms with Crippen LogP contribution in [0, 0.1) is 5.82 Å². The third-order valence-electron chi connectivity index (χ3n) is 5.61. The van der Waals surface area contributed by atoms with Gasteiger partial charge in [-0.05, 0) is 49.2 Å². The maximum Gasteiger partial charge on any atom is 0.240 e. The second-order valence-corrected chi connectivity index (χ2v) is 10.9. The van der Waals surface area contributed by atoms with Crippen molar-refractivity contribution in [2.75, 3.05) is 24.1 Å². The normalized spacial score (nSPS) is 11.7. The van der Waals surface area contributed by atoms with Crippen molar-refractivity contribution in [1.29, 1.82) is 0 Å². The molecular weight excluding hydrogens is 513 g/mol. The monoisotopic (exact) mass is 537 g/mol. The molecule has 0 aliphatic rings. The van der Waals surface area contributed by atoms with Crippen LogP contribution in [-0.2, 0) is 10.0 Å². The predicted molar refractivity (Wildman–Crippen MR) is 143 cm³/mol. The van der Waals surface area contributed by atoms with Crippen LogP contribution in [0.5, 0.6) is 0 Å². The number of imidazole rings is 1. The maximum atomic E-state index is 13.3. The van der Waals surface area contributed by atoms with Gasteiger partial charge in [0.05, 0.1) is 16.3 Å². The van der Waals surface area contributed by atoms with Crippen molar-refractivity contribution in [3.05, 3.63) is 78.2 Å². The Labute approximate surface area is 217 Å². The highest BCUT2D eigenvalue weighted by Crippen LogP contribution is 2.34. The zero-order chi connectivity index (χ0) is 25.8. The Kier molecular flexibility index (Phi) is 7.12. The molecule has 0 saturated carbocycles. The summed E-state index contributed by atoms with van der Waals surface area (Å²) in [6.45, 7) is 0.782. The number of thiazole rings is 1. The zero-order valence-corrected chi connectivity index (χ0v) is 21.3. The van der Waals surface area contributed by atoms with Crippen LogP contribution in [0.4, 0.5) is 16.0 Å². The number of unbranched alkanes of at least 4 members (excludes halogenated alkanes) is 1. The first-order chi connectivity index (χ1) is 17.9. The van der Waals surface area contributed by atoms with E-state index >= 15 is 0 Å². The third-order valence-corrected chi connectivity index (χ3v) is 7.82. The average molecular weight is 538 g/mol. The van der Waals surface area contributed by atoms with E-state index in [-0.39, 0.29) is 11.4 Å². The molecule has 3 aromatic heterocycles. The van der Waals surface area contributed by atoms with Gasteiger partial charge in [0.1, 0.15) is 11.5 Å². The molecule has 3 heterocycles. The minimum atomic E-state index is -3.75. The number of nitrogens with zero attached hydrogens (tertiary/aromatic N) is 4. The summed E-state index contributed by atoms with van der Waals surface area (Å²) >= 11 is 1.54. The highest BCUT2D eigenvalue weighted by Gasteiger charge is 2.19. The molecule has 12 heteroatoms. The number of sulfonamides is 1. The lowest BCUT2D eigenvalue weighted by atomic mass is 10.1. The second-order valence-electron chi connectivity index (χ2n) is 8.24. The van der Waals surface area contributed by atoms with Crippen molar-refractivity contribution in [3.63, 3.8) is 0 Å². The Bertz CT molecular complexity index is 1650. The van der Waals surface area contributed by atoms with E-state index in [0.717, 1.165) is 28.0 Å². The van der Waals surface area contributed by atoms with Crippen molar-refractivity contribution in [3.8, 4) is 22.6 Å². The Balaban J connectivity index is 1.23. The number of hydrogen-bond donors (Lipinski definition) is 3. The van der Waals surface area contributed by atoms with Crippen molar-refractivity contribution in [2.24, 2.45) is 0 Å². The van der Waals surface area contributed by atoms with E-state index in [1.54, 1.807) is 6.20 Å². The Morgan fingerprint density at radius 3 is 2.70 bits per heavy atom. The summed E-state index contributed by atoms with van der Waals surface area (Å²) in [6.07, 6.45) is 4.90. The Hall–Kier alpha value is -3.87. The van der Waals surface area contributed by atoms with E-state index < -0.39 is 15.8 Å². The van der Waals surface area contributed by atoms with Crippen LogP contribution in [0.3, 0.4) is 0 Å². The van der Waals surface area contributed by atoms with Gasteiger partial charge in [0.15, 0.2) is 4.96 Å². The first-order valence-corrected chi connectivity index (χ1v) is 13.9. The van der Waals surface area contributed by atoms with Crippen molar-refractivity contribution in [1.82, 2.24) is 24.1 Å². The first-order valence-electron chi connectivity index (χ1n) is 11.5. The number of halogens is 1. The van der Waals surface area contributed by atoms with E-state index in [4.69, 9.17) is 15.7 Å². The number of anilines is 2. The molecule has 0 atom stereocenters. The smallest absolute Gasteiger partial charge is 0.240 e. The highest BCUT2D eigenvalue weighted by atomic mass is 32.2. The maximum absolute atomic E-state index is 13.3. The molecule has 0 aliphatic carbocycles. The number of fused-ring (bicyclic) bond motifs is 1. The van der Waals surface area contributed by atoms with Crippen LogP contribution in [-0.4, -0.2) is 40.9 Å². The molecule has 0 radical (unpaired) electrons. The number of nitrogens with two attached hydrogens (primary N) is 1. The molecule has 37 heavy (non-hydrogen) atoms. The average Bonchev–Trinajstić information content (AvgIpc) is 3.48. The molecule has 9 nitrogen and oxygen atoms in total. The largest absolute Gasteiger partial charge is 0.399 e. The van der Waals surface area contributed by atoms with Crippen molar-refractivity contribution >= 4 is 38.0 Å². The fourth-order valence-electron chi connectivity index (χ4n) is 3.87. The molecule has 190 valence electrons. The number of hydrogen-bond acceptors (Lipinski definition) is 8. The van der Waals surface area contributed by atoms with Crippen LogP contribution in [0.15, 0.2) is 77.3 Å². The molecular formula is C25H24FN7O2S2. The molecule has 5 aromatic rings. The van der Waals surface area contributed by atoms with Crippen LogP contribution >= 0.6 is 11.3 Å². The number of nitrogens with one attached hydrogen (secondary N) is 2. The molecule has 5 rings (SSSR count). The van der Waals surface area contributed by atoms with Crippen LogP contribution in [0.1, 0.15) is 12.8 Å². The number of nitrogen functional groups attached to an aromatic ring is 1. The quantitative estimate of drug-likeness (QED) is 0.178. The first kappa shape index (κ1) is 24.8. The van der Waals surface area contributed by atoms with Crippen LogP contribution in [0.2, 0.25) is 0 Å². The lowest BCUT2D eigenvalue weighted by Gasteiger charge is -2.09. The second kappa shape index (κ2) is 10.6. The molecule has 0 saturated heterocycles. The Morgan fingerprint density at radius 2 is 1.86 bits per heavy atom. The van der Waals surface area contributed by atoms with Gasteiger partial charge in [-0.3, -0.25) is 4.40 Å². The molecule has 0 unspecified atom stereocenters. The summed E-state index contributed by atoms with van der Waals surface area (Å²) in [7, 11) is -3.75. The highest BCUT2D eigenvalue weighted by molar-refractivity contribution is 7.89. The molecule has 0 aliphatic heterocycles. The van der Waals surface area contributed by atoms with Crippen molar-refractivity contribution < 1.29 is 12.8 Å². The van der Waals surface area contributed by atoms with E-state index in [0.29, 0.717) is 36.7 Å². The van der Waals surface area contributed by atoms with E-state index in [9.17, 15) is 12.8 Å². The van der Waals surface area contributed by atoms with Crippen LogP contribution in [0.25, 0.3) is 27.6 Å². The van der Waals surface area contributed by atoms with E-state index in [1.165, 1.54) is 29.5 Å². The predicted octanol–water partition coefficient (Wildman–Crippen LogP) is 4.41. The van der Waals surface area contributed by atoms with Gasteiger partial charge in [0, 0.05) is 42.1 Å². The zero-order valence-electron chi connectivity index (χ0n) is 19.6. The van der Waals surface area contributed by atoms with E-state index in [2.05, 4.69) is 15.0 Å². The molecule has 2 aromatic carbocycles. The SMILES string of the molecule is Nc1cccc(-c2nc3sccn3c2-c2ccnc(NCCCCNS(=O)(=O)c3cccc(F)c3)n2)c1. The van der Waals surface area contributed by atoms with Gasteiger partial charge in [-0.2, -0.15) is 0 Å². The number of aromatic nitrogens is 4. The third kappa shape index (κ3) is 5.61. The molecule has 0 bridgehead atoms. The van der Waals surface area contributed by atoms with Crippen LogP contribution < -0.4 is 15.8 Å². The van der Waals surface area contributed by atoms with Gasteiger partial charge in [-0.25, -0.2) is 32.5 Å². The van der Waals surface area contributed by atoms with Gasteiger partial charge >= 0.3 is 0 Å². The number of benzene rings is 2. The Morgan fingerprint density at radius 1 is 1.03 bits per heavy atom. The molecule has 0 amide bonds. The summed E-state index contributed by atoms with van der Waals surface area (Å²) in [6, 6.07) is 14.4. The van der Waals surface area contributed by atoms with Gasteiger partial charge in [0.2, 0.25) is 16.0 Å². The topological polar surface area (TPSA) is 127 Å². The summed E-state index contributed by atoms with van der Waals surface area (Å²) in [5.74, 6) is -0.133. The number of rotatable bonds is 10. The molecule has 0 fully saturated rings. The fraction of sp³-hybridized carbons (Fsp3) is 0.160. The fourth-order valence-corrected chi connectivity index (χ4v) is 5.69. The summed E-state index contributed by atoms with van der Waals surface area (Å²) in [4.78, 5) is 14.6. The van der Waals surface area contributed by atoms with Gasteiger partial charge < -0.3 is 11.1 Å². The van der Waals surface area contributed by atoms with Crippen molar-refractivity contribution in [2.45, 2.75) is 17.7 Å². The minimum Gasteiger partial charge on any atom is -0.399 e. The lowest BCUT2D eigenvalue weighted by Crippen LogP contribution is -2.25. The minimum absolute atomic E-state index is 0.0898. The standard InChI is InChI=1S/C25H24FN7O2S2/c26-18-6-4-8-20(16-18)37(34,35)30-11-2-1-10-28-24-29-12-9-21(31-24)23-22(17-5-3-7-19(27)15-17)32-25-33(23)13-14-36-25/h3-9,12-16,30H,1-2,10-11,27H2,(H,28,29,31).